The summed E-state index contributed by atoms with van der Waals surface area (Å²) in [5.41, 5.74) is 2.02. The first-order valence-electron chi connectivity index (χ1n) is 8.87. The minimum Gasteiger partial charge on any atom is -0.381 e. The second-order valence-corrected chi connectivity index (χ2v) is 6.98. The Morgan fingerprint density at radius 1 is 1.04 bits per heavy atom. The molecule has 1 fully saturated rings. The van der Waals surface area contributed by atoms with E-state index in [1.807, 2.05) is 42.5 Å². The highest BCUT2D eigenvalue weighted by Gasteiger charge is 2.50. The molecular weight excluding hydrogens is 334 g/mol. The number of amides is 1. The normalized spacial score (nSPS) is 14.9. The van der Waals surface area contributed by atoms with Crippen molar-refractivity contribution in [3.63, 3.8) is 0 Å². The van der Waals surface area contributed by atoms with Gasteiger partial charge < -0.3 is 10.1 Å². The standard InChI is InChI=1S/C21H24ClNO2/c22-19-9-7-18(8-10-19)21(12-13-21)20(24)23-14-4-15-25-16-11-17-5-2-1-3-6-17/h1-3,5-10H,4,11-16H2,(H,23,24). The monoisotopic (exact) mass is 357 g/mol. The summed E-state index contributed by atoms with van der Waals surface area (Å²) >= 11 is 5.93. The molecule has 0 spiro atoms. The lowest BCUT2D eigenvalue weighted by Crippen LogP contribution is -2.35. The van der Waals surface area contributed by atoms with Gasteiger partial charge in [-0.25, -0.2) is 0 Å². The molecule has 3 rings (SSSR count). The Bertz CT molecular complexity index is 681. The molecule has 25 heavy (non-hydrogen) atoms. The maximum Gasteiger partial charge on any atom is 0.230 e. The topological polar surface area (TPSA) is 38.3 Å². The molecule has 2 aromatic carbocycles. The second-order valence-electron chi connectivity index (χ2n) is 6.55. The molecule has 2 aromatic rings. The Morgan fingerprint density at radius 3 is 2.44 bits per heavy atom. The van der Waals surface area contributed by atoms with E-state index in [9.17, 15) is 4.79 Å². The van der Waals surface area contributed by atoms with Crippen LogP contribution in [0.5, 0.6) is 0 Å². The Morgan fingerprint density at radius 2 is 1.76 bits per heavy atom. The maximum atomic E-state index is 12.5. The highest BCUT2D eigenvalue weighted by molar-refractivity contribution is 6.30. The summed E-state index contributed by atoms with van der Waals surface area (Å²) in [4.78, 5) is 12.5. The zero-order valence-corrected chi connectivity index (χ0v) is 15.1. The van der Waals surface area contributed by atoms with Gasteiger partial charge in [-0.3, -0.25) is 4.79 Å². The van der Waals surface area contributed by atoms with Crippen LogP contribution in [-0.2, 0) is 21.4 Å². The third kappa shape index (κ3) is 4.83. The van der Waals surface area contributed by atoms with Gasteiger partial charge in [0.05, 0.1) is 12.0 Å². The molecule has 0 saturated heterocycles. The van der Waals surface area contributed by atoms with Gasteiger partial charge >= 0.3 is 0 Å². The van der Waals surface area contributed by atoms with Crippen LogP contribution >= 0.6 is 11.6 Å². The van der Waals surface area contributed by atoms with Gasteiger partial charge in [-0.2, -0.15) is 0 Å². The molecule has 0 bridgehead atoms. The first-order valence-corrected chi connectivity index (χ1v) is 9.24. The second kappa shape index (κ2) is 8.50. The Kier molecular flexibility index (Phi) is 6.11. The van der Waals surface area contributed by atoms with Gasteiger partial charge in [0.1, 0.15) is 0 Å². The summed E-state index contributed by atoms with van der Waals surface area (Å²) in [5.74, 6) is 0.124. The van der Waals surface area contributed by atoms with Crippen molar-refractivity contribution in [3.05, 3.63) is 70.7 Å². The van der Waals surface area contributed by atoms with Crippen molar-refractivity contribution in [2.45, 2.75) is 31.1 Å². The van der Waals surface area contributed by atoms with E-state index in [2.05, 4.69) is 17.4 Å². The van der Waals surface area contributed by atoms with Gasteiger partial charge in [0, 0.05) is 18.2 Å². The number of benzene rings is 2. The number of carbonyl (C=O) groups excluding carboxylic acids is 1. The molecule has 0 unspecified atom stereocenters. The quantitative estimate of drug-likeness (QED) is 0.685. The van der Waals surface area contributed by atoms with Crippen LogP contribution in [0, 0.1) is 0 Å². The van der Waals surface area contributed by atoms with Crippen molar-refractivity contribution in [3.8, 4) is 0 Å². The fourth-order valence-corrected chi connectivity index (χ4v) is 3.15. The van der Waals surface area contributed by atoms with Gasteiger partial charge in [-0.15, -0.1) is 0 Å². The van der Waals surface area contributed by atoms with E-state index >= 15 is 0 Å². The van der Waals surface area contributed by atoms with Crippen LogP contribution in [0.4, 0.5) is 0 Å². The van der Waals surface area contributed by atoms with Crippen LogP contribution in [-0.4, -0.2) is 25.7 Å². The van der Waals surface area contributed by atoms with Crippen LogP contribution in [0.15, 0.2) is 54.6 Å². The number of halogens is 1. The molecule has 0 aromatic heterocycles. The zero-order chi connectivity index (χ0) is 17.5. The fourth-order valence-electron chi connectivity index (χ4n) is 3.02. The minimum atomic E-state index is -0.335. The van der Waals surface area contributed by atoms with E-state index in [-0.39, 0.29) is 11.3 Å². The molecule has 1 aliphatic rings. The number of hydrogen-bond acceptors (Lipinski definition) is 2. The van der Waals surface area contributed by atoms with Crippen LogP contribution in [0.2, 0.25) is 5.02 Å². The van der Waals surface area contributed by atoms with Crippen molar-refractivity contribution in [2.24, 2.45) is 0 Å². The molecule has 4 heteroatoms. The van der Waals surface area contributed by atoms with Crippen molar-refractivity contribution >= 4 is 17.5 Å². The van der Waals surface area contributed by atoms with Crippen LogP contribution in [0.1, 0.15) is 30.4 Å². The van der Waals surface area contributed by atoms with Gasteiger partial charge in [0.25, 0.3) is 0 Å². The summed E-state index contributed by atoms with van der Waals surface area (Å²) in [6, 6.07) is 17.9. The Balaban J connectivity index is 1.32. The molecule has 3 nitrogen and oxygen atoms in total. The van der Waals surface area contributed by atoms with E-state index in [1.54, 1.807) is 0 Å². The minimum absolute atomic E-state index is 0.124. The predicted octanol–water partition coefficient (Wildman–Crippen LogP) is 4.14. The average Bonchev–Trinajstić information content (AvgIpc) is 3.44. The number of ether oxygens (including phenoxy) is 1. The number of carbonyl (C=O) groups is 1. The third-order valence-electron chi connectivity index (χ3n) is 4.71. The van der Waals surface area contributed by atoms with E-state index < -0.39 is 0 Å². The summed E-state index contributed by atoms with van der Waals surface area (Å²) in [6.07, 6.45) is 3.58. The van der Waals surface area contributed by atoms with Gasteiger partial charge in [-0.05, 0) is 48.9 Å². The van der Waals surface area contributed by atoms with Crippen molar-refractivity contribution in [1.82, 2.24) is 5.32 Å². The average molecular weight is 358 g/mol. The predicted molar refractivity (Wildman–Crippen MR) is 101 cm³/mol. The van der Waals surface area contributed by atoms with Gasteiger partial charge in [0.2, 0.25) is 5.91 Å². The maximum absolute atomic E-state index is 12.5. The van der Waals surface area contributed by atoms with Crippen molar-refractivity contribution in [2.75, 3.05) is 19.8 Å². The molecule has 0 aliphatic heterocycles. The van der Waals surface area contributed by atoms with Crippen LogP contribution in [0.3, 0.4) is 0 Å². The largest absolute Gasteiger partial charge is 0.381 e. The highest BCUT2D eigenvalue weighted by Crippen LogP contribution is 2.48. The van der Waals surface area contributed by atoms with Crippen LogP contribution < -0.4 is 5.32 Å². The van der Waals surface area contributed by atoms with E-state index in [0.717, 1.165) is 31.2 Å². The molecule has 0 atom stereocenters. The number of rotatable bonds is 9. The summed E-state index contributed by atoms with van der Waals surface area (Å²) in [7, 11) is 0. The molecule has 1 amide bonds. The van der Waals surface area contributed by atoms with Gasteiger partial charge in [0.15, 0.2) is 0 Å². The Labute approximate surface area is 154 Å². The van der Waals surface area contributed by atoms with Crippen LogP contribution in [0.25, 0.3) is 0 Å². The smallest absolute Gasteiger partial charge is 0.230 e. The molecule has 1 saturated carbocycles. The van der Waals surface area contributed by atoms with E-state index in [0.29, 0.717) is 24.8 Å². The molecule has 1 N–H and O–H groups in total. The zero-order valence-electron chi connectivity index (χ0n) is 14.3. The van der Waals surface area contributed by atoms with E-state index in [4.69, 9.17) is 16.3 Å². The molecule has 0 radical (unpaired) electrons. The van der Waals surface area contributed by atoms with E-state index in [1.165, 1.54) is 5.56 Å². The summed E-state index contributed by atoms with van der Waals surface area (Å²) < 4.78 is 5.65. The number of hydrogen-bond donors (Lipinski definition) is 1. The molecule has 1 aliphatic carbocycles. The van der Waals surface area contributed by atoms with Crippen molar-refractivity contribution < 1.29 is 9.53 Å². The SMILES string of the molecule is O=C(NCCCOCCc1ccccc1)C1(c2ccc(Cl)cc2)CC1. The fraction of sp³-hybridized carbons (Fsp3) is 0.381. The summed E-state index contributed by atoms with van der Waals surface area (Å²) in [6.45, 7) is 2.03. The Hall–Kier alpha value is -1.84. The lowest BCUT2D eigenvalue weighted by atomic mass is 9.95. The molecule has 0 heterocycles. The molecular formula is C21H24ClNO2. The highest BCUT2D eigenvalue weighted by atomic mass is 35.5. The summed E-state index contributed by atoms with van der Waals surface area (Å²) in [5, 5.41) is 3.76. The van der Waals surface area contributed by atoms with Crippen molar-refractivity contribution in [1.29, 1.82) is 0 Å². The lowest BCUT2D eigenvalue weighted by Gasteiger charge is -2.16. The number of nitrogens with one attached hydrogen (secondary N) is 1. The first-order chi connectivity index (χ1) is 12.2. The van der Waals surface area contributed by atoms with Gasteiger partial charge in [-0.1, -0.05) is 54.1 Å². The first kappa shape index (κ1) is 18.0. The molecule has 132 valence electrons. The lowest BCUT2D eigenvalue weighted by molar-refractivity contribution is -0.123. The third-order valence-corrected chi connectivity index (χ3v) is 4.96.